The Balaban J connectivity index is 3.02. The van der Waals surface area contributed by atoms with Crippen LogP contribution in [0.25, 0.3) is 0 Å². The molecule has 21 heavy (non-hydrogen) atoms. The Bertz CT molecular complexity index is 570. The first kappa shape index (κ1) is 17.7. The fraction of sp³-hybridized carbons (Fsp3) is 0.538. The van der Waals surface area contributed by atoms with Gasteiger partial charge in [0.1, 0.15) is 16.4 Å². The number of benzene rings is 1. The highest BCUT2D eigenvalue weighted by atomic mass is 32.2. The Hall–Kier alpha value is -1.35. The Morgan fingerprint density at radius 2 is 1.90 bits per heavy atom. The molecule has 0 saturated carbocycles. The second-order valence-electron chi connectivity index (χ2n) is 4.77. The summed E-state index contributed by atoms with van der Waals surface area (Å²) in [6.45, 7) is 1.29. The van der Waals surface area contributed by atoms with Crippen molar-refractivity contribution in [1.82, 2.24) is 4.72 Å². The van der Waals surface area contributed by atoms with Gasteiger partial charge in [0.25, 0.3) is 0 Å². The van der Waals surface area contributed by atoms with Gasteiger partial charge in [-0.25, -0.2) is 13.1 Å². The van der Waals surface area contributed by atoms with E-state index >= 15 is 0 Å². The molecule has 7 nitrogen and oxygen atoms in total. The number of sulfonamides is 1. The molecule has 0 aliphatic carbocycles. The molecular formula is C13H21NO6S. The molecule has 0 amide bonds. The molecule has 1 atom stereocenters. The quantitative estimate of drug-likeness (QED) is 0.719. The van der Waals surface area contributed by atoms with E-state index in [1.807, 2.05) is 0 Å². The van der Waals surface area contributed by atoms with E-state index in [9.17, 15) is 13.5 Å². The molecule has 0 bridgehead atoms. The number of rotatable bonds is 8. The summed E-state index contributed by atoms with van der Waals surface area (Å²) >= 11 is 0. The molecular weight excluding hydrogens is 298 g/mol. The standard InChI is InChI=1S/C13H21NO6S/c1-13(15,9-18-2)8-14-21(16,17)12-7-10(19-3)5-6-11(12)20-4/h5-7,14-15H,8-9H2,1-4H3. The molecule has 0 spiro atoms. The summed E-state index contributed by atoms with van der Waals surface area (Å²) in [6, 6.07) is 4.45. The van der Waals surface area contributed by atoms with Crippen molar-refractivity contribution >= 4 is 10.0 Å². The minimum absolute atomic E-state index is 0.00473. The molecule has 0 aromatic heterocycles. The lowest BCUT2D eigenvalue weighted by Crippen LogP contribution is -2.43. The van der Waals surface area contributed by atoms with Crippen LogP contribution in [0.2, 0.25) is 0 Å². The van der Waals surface area contributed by atoms with Crippen molar-refractivity contribution in [3.05, 3.63) is 18.2 Å². The number of hydrogen-bond acceptors (Lipinski definition) is 6. The van der Waals surface area contributed by atoms with Crippen molar-refractivity contribution in [3.8, 4) is 11.5 Å². The van der Waals surface area contributed by atoms with Gasteiger partial charge in [0.05, 0.1) is 26.4 Å². The third-order valence-corrected chi connectivity index (χ3v) is 4.18. The molecule has 0 aliphatic rings. The summed E-state index contributed by atoms with van der Waals surface area (Å²) in [5, 5.41) is 9.94. The van der Waals surface area contributed by atoms with Crippen LogP contribution >= 0.6 is 0 Å². The average Bonchev–Trinajstić information content (AvgIpc) is 2.44. The van der Waals surface area contributed by atoms with Gasteiger partial charge in [0, 0.05) is 19.7 Å². The molecule has 2 N–H and O–H groups in total. The van der Waals surface area contributed by atoms with Gasteiger partial charge in [-0.15, -0.1) is 0 Å². The van der Waals surface area contributed by atoms with Crippen molar-refractivity contribution in [2.75, 3.05) is 34.5 Å². The van der Waals surface area contributed by atoms with Crippen LogP contribution in [-0.4, -0.2) is 53.6 Å². The predicted octanol–water partition coefficient (Wildman–Crippen LogP) is 0.379. The van der Waals surface area contributed by atoms with E-state index in [1.54, 1.807) is 6.07 Å². The van der Waals surface area contributed by atoms with Crippen LogP contribution in [0.4, 0.5) is 0 Å². The highest BCUT2D eigenvalue weighted by molar-refractivity contribution is 7.89. The Kier molecular flexibility index (Phi) is 5.97. The first-order valence-corrected chi connectivity index (χ1v) is 7.67. The molecule has 1 unspecified atom stereocenters. The molecule has 0 aliphatic heterocycles. The van der Waals surface area contributed by atoms with Gasteiger partial charge in [-0.2, -0.15) is 0 Å². The maximum Gasteiger partial charge on any atom is 0.244 e. The van der Waals surface area contributed by atoms with Crippen molar-refractivity contribution in [2.24, 2.45) is 0 Å². The van der Waals surface area contributed by atoms with Crippen molar-refractivity contribution in [3.63, 3.8) is 0 Å². The average molecular weight is 319 g/mol. The van der Waals surface area contributed by atoms with Gasteiger partial charge in [-0.1, -0.05) is 0 Å². The van der Waals surface area contributed by atoms with Gasteiger partial charge in [0.2, 0.25) is 10.0 Å². The normalized spacial score (nSPS) is 14.5. The molecule has 1 rings (SSSR count). The fourth-order valence-electron chi connectivity index (χ4n) is 1.68. The van der Waals surface area contributed by atoms with Gasteiger partial charge >= 0.3 is 0 Å². The lowest BCUT2D eigenvalue weighted by Gasteiger charge is -2.22. The van der Waals surface area contributed by atoms with Crippen LogP contribution in [-0.2, 0) is 14.8 Å². The van der Waals surface area contributed by atoms with E-state index in [0.29, 0.717) is 5.75 Å². The van der Waals surface area contributed by atoms with Gasteiger partial charge in [-0.3, -0.25) is 0 Å². The minimum atomic E-state index is -3.86. The summed E-state index contributed by atoms with van der Waals surface area (Å²) in [5.74, 6) is 0.578. The topological polar surface area (TPSA) is 94.1 Å². The van der Waals surface area contributed by atoms with E-state index in [0.717, 1.165) is 0 Å². The number of ether oxygens (including phenoxy) is 3. The monoisotopic (exact) mass is 319 g/mol. The third kappa shape index (κ3) is 4.85. The first-order chi connectivity index (χ1) is 9.75. The Morgan fingerprint density at radius 1 is 1.24 bits per heavy atom. The van der Waals surface area contributed by atoms with Crippen molar-refractivity contribution in [2.45, 2.75) is 17.4 Å². The largest absolute Gasteiger partial charge is 0.497 e. The lowest BCUT2D eigenvalue weighted by molar-refractivity contribution is -0.0119. The van der Waals surface area contributed by atoms with Gasteiger partial charge in [0.15, 0.2) is 0 Å². The zero-order valence-electron chi connectivity index (χ0n) is 12.5. The molecule has 8 heteroatoms. The maximum atomic E-state index is 12.3. The summed E-state index contributed by atoms with van der Waals surface area (Å²) in [6.07, 6.45) is 0. The SMILES string of the molecule is COCC(C)(O)CNS(=O)(=O)c1cc(OC)ccc1OC. The lowest BCUT2D eigenvalue weighted by atomic mass is 10.1. The van der Waals surface area contributed by atoms with Crippen molar-refractivity contribution < 1.29 is 27.7 Å². The second-order valence-corrected chi connectivity index (χ2v) is 6.51. The maximum absolute atomic E-state index is 12.3. The predicted molar refractivity (Wildman–Crippen MR) is 77.2 cm³/mol. The molecule has 0 heterocycles. The molecule has 1 aromatic rings. The van der Waals surface area contributed by atoms with Crippen LogP contribution in [0.5, 0.6) is 11.5 Å². The Labute approximate surface area is 124 Å². The van der Waals surface area contributed by atoms with Crippen LogP contribution in [0.15, 0.2) is 23.1 Å². The first-order valence-electron chi connectivity index (χ1n) is 6.19. The number of hydrogen-bond donors (Lipinski definition) is 2. The van der Waals surface area contributed by atoms with Gasteiger partial charge < -0.3 is 19.3 Å². The van der Waals surface area contributed by atoms with E-state index in [1.165, 1.54) is 40.4 Å². The second kappa shape index (κ2) is 7.08. The molecule has 1 aromatic carbocycles. The van der Waals surface area contributed by atoms with E-state index < -0.39 is 15.6 Å². The van der Waals surface area contributed by atoms with Crippen molar-refractivity contribution in [1.29, 1.82) is 0 Å². The van der Waals surface area contributed by atoms with Gasteiger partial charge in [-0.05, 0) is 19.1 Å². The van der Waals surface area contributed by atoms with Crippen LogP contribution in [0.1, 0.15) is 6.92 Å². The zero-order chi connectivity index (χ0) is 16.1. The smallest absolute Gasteiger partial charge is 0.244 e. The molecule has 0 saturated heterocycles. The summed E-state index contributed by atoms with van der Waals surface area (Å²) < 4.78 is 41.9. The number of nitrogens with one attached hydrogen (secondary N) is 1. The number of methoxy groups -OCH3 is 3. The minimum Gasteiger partial charge on any atom is -0.497 e. The highest BCUT2D eigenvalue weighted by Gasteiger charge is 2.26. The zero-order valence-corrected chi connectivity index (χ0v) is 13.4. The number of aliphatic hydroxyl groups is 1. The summed E-state index contributed by atoms with van der Waals surface area (Å²) in [5.41, 5.74) is -1.31. The molecule has 0 radical (unpaired) electrons. The van der Waals surface area contributed by atoms with E-state index in [2.05, 4.69) is 4.72 Å². The van der Waals surface area contributed by atoms with Crippen LogP contribution in [0.3, 0.4) is 0 Å². The Morgan fingerprint density at radius 3 is 2.43 bits per heavy atom. The van der Waals surface area contributed by atoms with E-state index in [4.69, 9.17) is 14.2 Å². The molecule has 120 valence electrons. The molecule has 0 fully saturated rings. The van der Waals surface area contributed by atoms with Crippen LogP contribution < -0.4 is 14.2 Å². The van der Waals surface area contributed by atoms with E-state index in [-0.39, 0.29) is 23.8 Å². The highest BCUT2D eigenvalue weighted by Crippen LogP contribution is 2.28. The summed E-state index contributed by atoms with van der Waals surface area (Å²) in [4.78, 5) is -0.0578. The summed E-state index contributed by atoms with van der Waals surface area (Å²) in [7, 11) is 0.383. The van der Waals surface area contributed by atoms with Crippen LogP contribution in [0, 0.1) is 0 Å². The third-order valence-electron chi connectivity index (χ3n) is 2.76. The fourth-order valence-corrected chi connectivity index (χ4v) is 3.03.